The van der Waals surface area contributed by atoms with Gasteiger partial charge in [0.15, 0.2) is 5.82 Å². The number of anilines is 2. The van der Waals surface area contributed by atoms with Crippen LogP contribution in [0.15, 0.2) is 73.2 Å². The van der Waals surface area contributed by atoms with Crippen LogP contribution in [0.2, 0.25) is 0 Å². The Labute approximate surface area is 177 Å². The maximum absolute atomic E-state index is 12.3. The summed E-state index contributed by atoms with van der Waals surface area (Å²) in [5.74, 6) is 1.53. The zero-order valence-corrected chi connectivity index (χ0v) is 16.5. The number of carbonyl (C=O) groups is 2. The summed E-state index contributed by atoms with van der Waals surface area (Å²) < 4.78 is 7.75. The molecule has 1 aromatic carbocycles. The lowest BCUT2D eigenvalue weighted by Gasteiger charge is -2.09. The Kier molecular flexibility index (Phi) is 4.80. The predicted octanol–water partition coefficient (Wildman–Crippen LogP) is 4.12. The molecule has 1 saturated carbocycles. The summed E-state index contributed by atoms with van der Waals surface area (Å²) in [6, 6.07) is 15.9. The second-order valence-corrected chi connectivity index (χ2v) is 7.32. The van der Waals surface area contributed by atoms with Crippen molar-refractivity contribution >= 4 is 29.0 Å². The summed E-state index contributed by atoms with van der Waals surface area (Å²) >= 11 is 0. The zero-order valence-electron chi connectivity index (χ0n) is 16.5. The Morgan fingerprint density at radius 3 is 2.68 bits per heavy atom. The fourth-order valence-corrected chi connectivity index (χ4v) is 3.13. The first-order valence-electron chi connectivity index (χ1n) is 9.94. The quantitative estimate of drug-likeness (QED) is 0.495. The van der Waals surface area contributed by atoms with Crippen LogP contribution in [0.3, 0.4) is 0 Å². The van der Waals surface area contributed by atoms with E-state index in [1.807, 2.05) is 6.07 Å². The minimum Gasteiger partial charge on any atom is -0.456 e. The van der Waals surface area contributed by atoms with Crippen molar-refractivity contribution in [3.05, 3.63) is 78.9 Å². The average Bonchev–Trinajstić information content (AvgIpc) is 3.55. The molecule has 0 saturated heterocycles. The van der Waals surface area contributed by atoms with Gasteiger partial charge in [-0.15, -0.1) is 0 Å². The predicted molar refractivity (Wildman–Crippen MR) is 115 cm³/mol. The van der Waals surface area contributed by atoms with Gasteiger partial charge in [0.25, 0.3) is 5.91 Å². The van der Waals surface area contributed by atoms with Crippen molar-refractivity contribution in [1.29, 1.82) is 0 Å². The van der Waals surface area contributed by atoms with Crippen molar-refractivity contribution in [2.75, 3.05) is 10.6 Å². The molecule has 0 unspecified atom stereocenters. The number of hydrogen-bond acceptors (Lipinski definition) is 5. The first kappa shape index (κ1) is 18.8. The van der Waals surface area contributed by atoms with Crippen molar-refractivity contribution in [3.63, 3.8) is 0 Å². The molecule has 3 aromatic heterocycles. The van der Waals surface area contributed by atoms with E-state index < -0.39 is 0 Å². The standard InChI is InChI=1S/C23H19N5O3/c29-22(15-7-8-15)27-20-14-28-13-18(9-10-21(28)26-20)31-17-5-3-4-16(12-17)25-23(30)19-6-1-2-11-24-19/h1-6,9-15H,7-8H2,(H,25,30)(H,27,29). The normalized spacial score (nSPS) is 13.0. The van der Waals surface area contributed by atoms with Crippen LogP contribution in [0, 0.1) is 5.92 Å². The van der Waals surface area contributed by atoms with Crippen LogP contribution < -0.4 is 15.4 Å². The summed E-state index contributed by atoms with van der Waals surface area (Å²) in [5, 5.41) is 5.66. The number of nitrogens with zero attached hydrogens (tertiary/aromatic N) is 3. The number of nitrogens with one attached hydrogen (secondary N) is 2. The maximum Gasteiger partial charge on any atom is 0.274 e. The summed E-state index contributed by atoms with van der Waals surface area (Å²) in [6.07, 6.45) is 7.00. The lowest BCUT2D eigenvalue weighted by molar-refractivity contribution is -0.117. The van der Waals surface area contributed by atoms with Crippen LogP contribution in [0.1, 0.15) is 23.3 Å². The lowest BCUT2D eigenvalue weighted by atomic mass is 10.2. The first-order chi connectivity index (χ1) is 15.1. The Bertz CT molecular complexity index is 1260. The molecule has 5 rings (SSSR count). The number of benzene rings is 1. The molecular weight excluding hydrogens is 394 g/mol. The van der Waals surface area contributed by atoms with Gasteiger partial charge in [-0.3, -0.25) is 14.6 Å². The van der Waals surface area contributed by atoms with Gasteiger partial charge in [-0.2, -0.15) is 0 Å². The summed E-state index contributed by atoms with van der Waals surface area (Å²) in [4.78, 5) is 32.7. The molecule has 31 heavy (non-hydrogen) atoms. The minimum absolute atomic E-state index is 0.0180. The molecule has 2 amide bonds. The SMILES string of the molecule is O=C(Nc1cccc(Oc2ccc3nc(NC(=O)C4CC4)cn3c2)c1)c1ccccn1. The van der Waals surface area contributed by atoms with Crippen molar-refractivity contribution in [2.45, 2.75) is 12.8 Å². The topological polar surface area (TPSA) is 97.6 Å². The van der Waals surface area contributed by atoms with Gasteiger partial charge in [0.2, 0.25) is 5.91 Å². The fraction of sp³-hybridized carbons (Fsp3) is 0.130. The highest BCUT2D eigenvalue weighted by atomic mass is 16.5. The third-order valence-corrected chi connectivity index (χ3v) is 4.85. The number of rotatable bonds is 6. The van der Waals surface area contributed by atoms with Crippen LogP contribution in [0.4, 0.5) is 11.5 Å². The molecular formula is C23H19N5O3. The lowest BCUT2D eigenvalue weighted by Crippen LogP contribution is -2.13. The van der Waals surface area contributed by atoms with E-state index in [-0.39, 0.29) is 17.7 Å². The van der Waals surface area contributed by atoms with E-state index in [4.69, 9.17) is 4.74 Å². The number of fused-ring (bicyclic) bond motifs is 1. The molecule has 1 aliphatic carbocycles. The van der Waals surface area contributed by atoms with Crippen LogP contribution in [-0.4, -0.2) is 26.2 Å². The number of amides is 2. The highest BCUT2D eigenvalue weighted by Crippen LogP contribution is 2.30. The highest BCUT2D eigenvalue weighted by Gasteiger charge is 2.30. The van der Waals surface area contributed by atoms with Crippen LogP contribution in [-0.2, 0) is 4.79 Å². The van der Waals surface area contributed by atoms with Crippen LogP contribution in [0.5, 0.6) is 11.5 Å². The van der Waals surface area contributed by atoms with E-state index in [0.717, 1.165) is 12.8 Å². The third kappa shape index (κ3) is 4.37. The van der Waals surface area contributed by atoms with E-state index in [1.165, 1.54) is 0 Å². The van der Waals surface area contributed by atoms with Crippen molar-refractivity contribution in [1.82, 2.24) is 14.4 Å². The van der Waals surface area contributed by atoms with Gasteiger partial charge in [-0.1, -0.05) is 12.1 Å². The van der Waals surface area contributed by atoms with Gasteiger partial charge in [-0.25, -0.2) is 4.98 Å². The number of ether oxygens (including phenoxy) is 1. The van der Waals surface area contributed by atoms with Gasteiger partial charge in [0.05, 0.1) is 12.4 Å². The van der Waals surface area contributed by atoms with Crippen molar-refractivity contribution < 1.29 is 14.3 Å². The summed E-state index contributed by atoms with van der Waals surface area (Å²) in [7, 11) is 0. The van der Waals surface area contributed by atoms with Crippen molar-refractivity contribution in [2.24, 2.45) is 5.92 Å². The van der Waals surface area contributed by atoms with Crippen molar-refractivity contribution in [3.8, 4) is 11.5 Å². The molecule has 0 atom stereocenters. The Morgan fingerprint density at radius 2 is 1.87 bits per heavy atom. The van der Waals surface area contributed by atoms with E-state index in [2.05, 4.69) is 20.6 Å². The largest absolute Gasteiger partial charge is 0.456 e. The molecule has 0 radical (unpaired) electrons. The molecule has 0 spiro atoms. The molecule has 3 heterocycles. The average molecular weight is 413 g/mol. The van der Waals surface area contributed by atoms with Gasteiger partial charge >= 0.3 is 0 Å². The number of hydrogen-bond donors (Lipinski definition) is 2. The molecule has 4 aromatic rings. The molecule has 2 N–H and O–H groups in total. The maximum atomic E-state index is 12.3. The van der Waals surface area contributed by atoms with E-state index >= 15 is 0 Å². The van der Waals surface area contributed by atoms with Crippen LogP contribution in [0.25, 0.3) is 5.65 Å². The molecule has 0 bridgehead atoms. The molecule has 0 aliphatic heterocycles. The van der Waals surface area contributed by atoms with E-state index in [0.29, 0.717) is 34.3 Å². The minimum atomic E-state index is -0.293. The van der Waals surface area contributed by atoms with Crippen LogP contribution >= 0.6 is 0 Å². The van der Waals surface area contributed by atoms with Gasteiger partial charge in [-0.05, 0) is 49.2 Å². The van der Waals surface area contributed by atoms with Gasteiger partial charge in [0.1, 0.15) is 22.8 Å². The first-order valence-corrected chi connectivity index (χ1v) is 9.94. The molecule has 1 aliphatic rings. The Hall–Kier alpha value is -4.20. The summed E-state index contributed by atoms with van der Waals surface area (Å²) in [5.41, 5.74) is 1.64. The smallest absolute Gasteiger partial charge is 0.274 e. The molecule has 154 valence electrons. The number of carbonyl (C=O) groups excluding carboxylic acids is 2. The number of aromatic nitrogens is 3. The van der Waals surface area contributed by atoms with E-state index in [1.54, 1.807) is 71.5 Å². The molecule has 8 nitrogen and oxygen atoms in total. The number of pyridine rings is 2. The highest BCUT2D eigenvalue weighted by molar-refractivity contribution is 6.02. The zero-order chi connectivity index (χ0) is 21.2. The Morgan fingerprint density at radius 1 is 0.968 bits per heavy atom. The van der Waals surface area contributed by atoms with Gasteiger partial charge in [0, 0.05) is 23.9 Å². The molecule has 8 heteroatoms. The second kappa shape index (κ2) is 7.91. The fourth-order valence-electron chi connectivity index (χ4n) is 3.13. The molecule has 1 fully saturated rings. The Balaban J connectivity index is 1.29. The third-order valence-electron chi connectivity index (χ3n) is 4.85. The van der Waals surface area contributed by atoms with E-state index in [9.17, 15) is 9.59 Å². The summed E-state index contributed by atoms with van der Waals surface area (Å²) in [6.45, 7) is 0. The second-order valence-electron chi connectivity index (χ2n) is 7.32. The monoisotopic (exact) mass is 413 g/mol. The van der Waals surface area contributed by atoms with Gasteiger partial charge < -0.3 is 19.8 Å². The number of imidazole rings is 1.